The van der Waals surface area contributed by atoms with Crippen LogP contribution in [0.25, 0.3) is 0 Å². The van der Waals surface area contributed by atoms with Crippen molar-refractivity contribution < 1.29 is 8.42 Å². The maximum Gasteiger partial charge on any atom is 0.215 e. The summed E-state index contributed by atoms with van der Waals surface area (Å²) in [6.07, 6.45) is 2.14. The lowest BCUT2D eigenvalue weighted by Crippen LogP contribution is -2.40. The van der Waals surface area contributed by atoms with E-state index < -0.39 is 10.0 Å². The molecule has 0 bridgehead atoms. The molecule has 4 nitrogen and oxygen atoms in total. The summed E-state index contributed by atoms with van der Waals surface area (Å²) < 4.78 is 26.9. The molecule has 1 heterocycles. The number of hydrogen-bond acceptors (Lipinski definition) is 3. The van der Waals surface area contributed by atoms with Crippen molar-refractivity contribution in [3.8, 4) is 0 Å². The van der Waals surface area contributed by atoms with Gasteiger partial charge in [-0.3, -0.25) is 0 Å². The normalized spacial score (nSPS) is 23.1. The zero-order valence-electron chi connectivity index (χ0n) is 14.0. The first-order valence-electron chi connectivity index (χ1n) is 8.28. The Morgan fingerprint density at radius 1 is 1.17 bits per heavy atom. The van der Waals surface area contributed by atoms with E-state index in [2.05, 4.69) is 23.5 Å². The van der Waals surface area contributed by atoms with Crippen LogP contribution in [0.15, 0.2) is 24.3 Å². The molecule has 2 atom stereocenters. The standard InChI is InChI=1S/C17H27ClN2O2S/c1-14-10-15(2)12-20(11-14)9-3-8-19-23(21,22)13-16-4-6-17(18)7-5-16/h4-7,14-15,19H,3,8-13H2,1-2H3. The smallest absolute Gasteiger partial charge is 0.215 e. The number of likely N-dealkylation sites (tertiary alicyclic amines) is 1. The summed E-state index contributed by atoms with van der Waals surface area (Å²) in [6.45, 7) is 8.28. The third kappa shape index (κ3) is 6.79. The van der Waals surface area contributed by atoms with Gasteiger partial charge in [-0.05, 0) is 48.9 Å². The maximum absolute atomic E-state index is 12.1. The molecule has 130 valence electrons. The molecule has 0 spiro atoms. The summed E-state index contributed by atoms with van der Waals surface area (Å²) in [4.78, 5) is 2.45. The van der Waals surface area contributed by atoms with E-state index in [0.29, 0.717) is 11.6 Å². The Kier molecular flexibility index (Phi) is 6.89. The number of halogens is 1. The fourth-order valence-electron chi connectivity index (χ4n) is 3.36. The van der Waals surface area contributed by atoms with Gasteiger partial charge in [-0.15, -0.1) is 0 Å². The first kappa shape index (κ1) is 18.7. The molecule has 1 aromatic carbocycles. The SMILES string of the molecule is CC1CC(C)CN(CCCNS(=O)(=O)Cc2ccc(Cl)cc2)C1. The lowest BCUT2D eigenvalue weighted by molar-refractivity contribution is 0.140. The molecule has 0 aliphatic carbocycles. The lowest BCUT2D eigenvalue weighted by atomic mass is 9.92. The van der Waals surface area contributed by atoms with Gasteiger partial charge < -0.3 is 4.90 Å². The van der Waals surface area contributed by atoms with E-state index in [1.54, 1.807) is 24.3 Å². The van der Waals surface area contributed by atoms with Crippen LogP contribution in [-0.2, 0) is 15.8 Å². The van der Waals surface area contributed by atoms with E-state index in [-0.39, 0.29) is 5.75 Å². The van der Waals surface area contributed by atoms with Crippen molar-refractivity contribution in [3.63, 3.8) is 0 Å². The maximum atomic E-state index is 12.1. The van der Waals surface area contributed by atoms with Crippen LogP contribution in [0.4, 0.5) is 0 Å². The predicted molar refractivity (Wildman–Crippen MR) is 96.1 cm³/mol. The Hall–Kier alpha value is -0.620. The molecule has 1 aliphatic heterocycles. The van der Waals surface area contributed by atoms with Crippen molar-refractivity contribution in [2.75, 3.05) is 26.2 Å². The highest BCUT2D eigenvalue weighted by molar-refractivity contribution is 7.88. The number of hydrogen-bond donors (Lipinski definition) is 1. The van der Waals surface area contributed by atoms with Gasteiger partial charge in [0.05, 0.1) is 5.75 Å². The van der Waals surface area contributed by atoms with Crippen molar-refractivity contribution in [1.82, 2.24) is 9.62 Å². The highest BCUT2D eigenvalue weighted by Gasteiger charge is 2.21. The van der Waals surface area contributed by atoms with Crippen LogP contribution in [0, 0.1) is 11.8 Å². The van der Waals surface area contributed by atoms with Gasteiger partial charge in [0.15, 0.2) is 0 Å². The first-order chi connectivity index (χ1) is 10.8. The topological polar surface area (TPSA) is 49.4 Å². The molecule has 0 radical (unpaired) electrons. The van der Waals surface area contributed by atoms with Crippen LogP contribution >= 0.6 is 11.6 Å². The Bertz CT molecular complexity index is 579. The molecule has 0 saturated carbocycles. The largest absolute Gasteiger partial charge is 0.303 e. The van der Waals surface area contributed by atoms with Crippen LogP contribution in [-0.4, -0.2) is 39.5 Å². The fraction of sp³-hybridized carbons (Fsp3) is 0.647. The van der Waals surface area contributed by atoms with Crippen molar-refractivity contribution in [2.24, 2.45) is 11.8 Å². The summed E-state index contributed by atoms with van der Waals surface area (Å²) >= 11 is 5.81. The minimum atomic E-state index is -3.28. The number of rotatable bonds is 7. The molecule has 1 fully saturated rings. The van der Waals surface area contributed by atoms with Gasteiger partial charge in [0.25, 0.3) is 0 Å². The second-order valence-corrected chi connectivity index (χ2v) is 9.08. The molecular weight excluding hydrogens is 332 g/mol. The Labute approximate surface area is 145 Å². The minimum Gasteiger partial charge on any atom is -0.303 e. The lowest BCUT2D eigenvalue weighted by Gasteiger charge is -2.34. The van der Waals surface area contributed by atoms with E-state index in [0.717, 1.165) is 43.5 Å². The molecule has 23 heavy (non-hydrogen) atoms. The highest BCUT2D eigenvalue weighted by Crippen LogP contribution is 2.20. The van der Waals surface area contributed by atoms with Crippen LogP contribution in [0.1, 0.15) is 32.3 Å². The second-order valence-electron chi connectivity index (χ2n) is 6.84. The zero-order valence-corrected chi connectivity index (χ0v) is 15.5. The number of nitrogens with one attached hydrogen (secondary N) is 1. The monoisotopic (exact) mass is 358 g/mol. The van der Waals surface area contributed by atoms with Crippen molar-refractivity contribution in [1.29, 1.82) is 0 Å². The Balaban J connectivity index is 1.71. The van der Waals surface area contributed by atoms with Crippen LogP contribution in [0.3, 0.4) is 0 Å². The molecule has 1 aliphatic rings. The van der Waals surface area contributed by atoms with E-state index in [9.17, 15) is 8.42 Å². The molecule has 2 unspecified atom stereocenters. The molecule has 1 saturated heterocycles. The average Bonchev–Trinajstić information content (AvgIpc) is 2.45. The Morgan fingerprint density at radius 3 is 2.39 bits per heavy atom. The third-order valence-corrected chi connectivity index (χ3v) is 5.80. The number of piperidine rings is 1. The van der Waals surface area contributed by atoms with E-state index >= 15 is 0 Å². The highest BCUT2D eigenvalue weighted by atomic mass is 35.5. The average molecular weight is 359 g/mol. The fourth-order valence-corrected chi connectivity index (χ4v) is 4.67. The summed E-state index contributed by atoms with van der Waals surface area (Å²) in [7, 11) is -3.28. The quantitative estimate of drug-likeness (QED) is 0.762. The van der Waals surface area contributed by atoms with Crippen LogP contribution in [0.2, 0.25) is 5.02 Å². The van der Waals surface area contributed by atoms with Gasteiger partial charge in [-0.1, -0.05) is 37.6 Å². The van der Waals surface area contributed by atoms with Gasteiger partial charge in [-0.25, -0.2) is 13.1 Å². The zero-order chi connectivity index (χ0) is 16.9. The van der Waals surface area contributed by atoms with E-state index in [1.807, 2.05) is 0 Å². The Morgan fingerprint density at radius 2 is 1.78 bits per heavy atom. The number of sulfonamides is 1. The molecule has 0 amide bonds. The molecular formula is C17H27ClN2O2S. The molecule has 1 N–H and O–H groups in total. The number of benzene rings is 1. The molecule has 2 rings (SSSR count). The molecule has 6 heteroatoms. The summed E-state index contributed by atoms with van der Waals surface area (Å²) in [6, 6.07) is 6.92. The van der Waals surface area contributed by atoms with Crippen molar-refractivity contribution >= 4 is 21.6 Å². The predicted octanol–water partition coefficient (Wildman–Crippen LogP) is 3.13. The molecule has 0 aromatic heterocycles. The van der Waals surface area contributed by atoms with Crippen LogP contribution in [0.5, 0.6) is 0 Å². The third-order valence-electron chi connectivity index (χ3n) is 4.19. The summed E-state index contributed by atoms with van der Waals surface area (Å²) in [5, 5.41) is 0.615. The van der Waals surface area contributed by atoms with Gasteiger partial charge in [0, 0.05) is 24.7 Å². The van der Waals surface area contributed by atoms with Gasteiger partial charge >= 0.3 is 0 Å². The second kappa shape index (κ2) is 8.47. The number of nitrogens with zero attached hydrogens (tertiary/aromatic N) is 1. The first-order valence-corrected chi connectivity index (χ1v) is 10.3. The summed E-state index contributed by atoms with van der Waals surface area (Å²) in [5.41, 5.74) is 0.751. The molecule has 1 aromatic rings. The van der Waals surface area contributed by atoms with Crippen molar-refractivity contribution in [3.05, 3.63) is 34.9 Å². The minimum absolute atomic E-state index is 0.00194. The van der Waals surface area contributed by atoms with Gasteiger partial charge in [-0.2, -0.15) is 0 Å². The van der Waals surface area contributed by atoms with E-state index in [1.165, 1.54) is 6.42 Å². The van der Waals surface area contributed by atoms with Crippen LogP contribution < -0.4 is 4.72 Å². The van der Waals surface area contributed by atoms with Gasteiger partial charge in [0.2, 0.25) is 10.0 Å². The van der Waals surface area contributed by atoms with E-state index in [4.69, 9.17) is 11.6 Å². The summed E-state index contributed by atoms with van der Waals surface area (Å²) in [5.74, 6) is 1.47. The van der Waals surface area contributed by atoms with Gasteiger partial charge in [0.1, 0.15) is 0 Å². The van der Waals surface area contributed by atoms with Crippen molar-refractivity contribution in [2.45, 2.75) is 32.4 Å².